The zero-order valence-electron chi connectivity index (χ0n) is 32.5. The van der Waals surface area contributed by atoms with Gasteiger partial charge >= 0.3 is 23.5 Å². The number of phosphoric acid groups is 3. The maximum absolute atomic E-state index is 12.4. The Balaban J connectivity index is 1.30. The quantitative estimate of drug-likeness (QED) is 0.0148. The van der Waals surface area contributed by atoms with Gasteiger partial charge in [0.2, 0.25) is 5.91 Å². The Morgan fingerprint density at radius 3 is 2.62 bits per heavy atom. The predicted molar refractivity (Wildman–Crippen MR) is 212 cm³/mol. The van der Waals surface area contributed by atoms with Crippen LogP contribution in [0.15, 0.2) is 47.0 Å². The SMILES string of the molecule is [N-]=[N+]=NCO[C@@H]1C[C@H](n2cc(C#CCNC(=O)COCCOC(COc3cccc(C(=O)NCCN)c3)N=[N+]=[N-])c3c(N)ncnc32)O[C@@H]1COP(=O)(O)OP(=O)(O)OP(=O)(O)O. The summed E-state index contributed by atoms with van der Waals surface area (Å²) in [7, 11) is -17.0. The molecule has 0 radical (unpaired) electrons. The lowest BCUT2D eigenvalue weighted by molar-refractivity contribution is -0.126. The highest BCUT2D eigenvalue weighted by Crippen LogP contribution is 2.66. The maximum Gasteiger partial charge on any atom is 0.490 e. The van der Waals surface area contributed by atoms with Crippen molar-refractivity contribution in [3.8, 4) is 17.6 Å². The number of carbonyl (C=O) groups excluding carboxylic acids is 2. The van der Waals surface area contributed by atoms with E-state index in [1.165, 1.54) is 16.8 Å². The molecule has 30 nitrogen and oxygen atoms in total. The van der Waals surface area contributed by atoms with Crippen molar-refractivity contribution < 1.29 is 79.7 Å². The van der Waals surface area contributed by atoms with Crippen LogP contribution in [0.4, 0.5) is 5.82 Å². The topological polar surface area (TPSA) is 444 Å². The van der Waals surface area contributed by atoms with Crippen molar-refractivity contribution in [2.75, 3.05) is 65.1 Å². The number of fused-ring (bicyclic) bond motifs is 1. The highest BCUT2D eigenvalue weighted by Gasteiger charge is 2.43. The Bertz CT molecular complexity index is 2380. The number of phosphoric ester groups is 1. The Kier molecular flexibility index (Phi) is 19.2. The number of rotatable bonds is 25. The van der Waals surface area contributed by atoms with Gasteiger partial charge in [0.1, 0.15) is 55.8 Å². The number of nitrogens with zero attached hydrogens (tertiary/aromatic N) is 9. The number of nitrogen functional groups attached to an aromatic ring is 1. The first kappa shape index (κ1) is 50.4. The number of amides is 2. The smallest absolute Gasteiger partial charge is 0.490 e. The third-order valence-corrected chi connectivity index (χ3v) is 11.6. The number of hydrogen-bond donors (Lipinski definition) is 8. The zero-order chi connectivity index (χ0) is 46.0. The van der Waals surface area contributed by atoms with Gasteiger partial charge in [-0.15, -0.1) is 0 Å². The van der Waals surface area contributed by atoms with Gasteiger partial charge in [0, 0.05) is 41.1 Å². The summed E-state index contributed by atoms with van der Waals surface area (Å²) in [5.74, 6) is 5.11. The molecule has 1 saturated heterocycles. The summed E-state index contributed by atoms with van der Waals surface area (Å²) in [6.45, 7) is -1.66. The van der Waals surface area contributed by atoms with Gasteiger partial charge < -0.3 is 69.9 Å². The summed E-state index contributed by atoms with van der Waals surface area (Å²) < 4.78 is 76.7. The molecule has 2 aromatic heterocycles. The summed E-state index contributed by atoms with van der Waals surface area (Å²) >= 11 is 0. The van der Waals surface area contributed by atoms with Gasteiger partial charge in [0.25, 0.3) is 5.91 Å². The molecule has 3 heterocycles. The van der Waals surface area contributed by atoms with Gasteiger partial charge in [-0.1, -0.05) is 28.1 Å². The van der Waals surface area contributed by atoms with Gasteiger partial charge in [0.05, 0.1) is 43.4 Å². The van der Waals surface area contributed by atoms with Crippen LogP contribution in [-0.2, 0) is 50.6 Å². The van der Waals surface area contributed by atoms with E-state index in [1.54, 1.807) is 18.2 Å². The molecule has 10 N–H and O–H groups in total. The van der Waals surface area contributed by atoms with Gasteiger partial charge in [0.15, 0.2) is 6.23 Å². The summed E-state index contributed by atoms with van der Waals surface area (Å²) in [6, 6.07) is 6.31. The first-order valence-electron chi connectivity index (χ1n) is 17.8. The molecule has 2 amide bonds. The molecule has 0 aliphatic carbocycles. The van der Waals surface area contributed by atoms with E-state index < -0.39 is 67.4 Å². The average Bonchev–Trinajstić information content (AvgIpc) is 3.80. The van der Waals surface area contributed by atoms with Crippen molar-refractivity contribution in [1.29, 1.82) is 0 Å². The minimum absolute atomic E-state index is 0.0210. The van der Waals surface area contributed by atoms with Gasteiger partial charge in [-0.3, -0.25) is 14.1 Å². The summed E-state index contributed by atoms with van der Waals surface area (Å²) in [5.41, 5.74) is 30.0. The van der Waals surface area contributed by atoms with Crippen molar-refractivity contribution in [1.82, 2.24) is 25.2 Å². The van der Waals surface area contributed by atoms with Crippen LogP contribution in [0.5, 0.6) is 5.75 Å². The van der Waals surface area contributed by atoms with E-state index in [2.05, 4.69) is 61.1 Å². The molecule has 0 spiro atoms. The Labute approximate surface area is 355 Å². The molecule has 342 valence electrons. The van der Waals surface area contributed by atoms with Crippen LogP contribution in [0, 0.1) is 11.8 Å². The molecule has 0 saturated carbocycles. The number of nitrogens with one attached hydrogen (secondary N) is 2. The molecule has 4 rings (SSSR count). The van der Waals surface area contributed by atoms with Crippen LogP contribution in [-0.4, -0.2) is 124 Å². The number of aromatic nitrogens is 3. The first-order chi connectivity index (χ1) is 29.9. The Morgan fingerprint density at radius 1 is 1.10 bits per heavy atom. The average molecular weight is 948 g/mol. The number of anilines is 1. The maximum atomic E-state index is 12.4. The minimum atomic E-state index is -5.80. The second-order valence-electron chi connectivity index (χ2n) is 12.3. The molecule has 1 aliphatic rings. The molecule has 3 unspecified atom stereocenters. The van der Waals surface area contributed by atoms with Gasteiger partial charge in [-0.25, -0.2) is 23.7 Å². The fraction of sp³-hybridized carbons (Fsp3) is 0.467. The number of benzene rings is 1. The van der Waals surface area contributed by atoms with Crippen LogP contribution in [0.3, 0.4) is 0 Å². The van der Waals surface area contributed by atoms with E-state index in [0.29, 0.717) is 17.9 Å². The normalized spacial score (nSPS) is 18.4. The zero-order valence-corrected chi connectivity index (χ0v) is 35.1. The van der Waals surface area contributed by atoms with Crippen molar-refractivity contribution in [2.45, 2.75) is 31.1 Å². The Hall–Kier alpha value is -5.23. The third-order valence-electron chi connectivity index (χ3n) is 7.82. The monoisotopic (exact) mass is 947 g/mol. The van der Waals surface area contributed by atoms with Crippen molar-refractivity contribution in [3.63, 3.8) is 0 Å². The molecular weight excluding hydrogens is 907 g/mol. The molecule has 1 aliphatic heterocycles. The van der Waals surface area contributed by atoms with Gasteiger partial charge in [-0.05, 0) is 29.3 Å². The summed E-state index contributed by atoms with van der Waals surface area (Å²) in [6.07, 6.45) is -1.72. The van der Waals surface area contributed by atoms with E-state index in [1.807, 2.05) is 0 Å². The predicted octanol–water partition coefficient (Wildman–Crippen LogP) is 1.20. The molecule has 0 bridgehead atoms. The largest absolute Gasteiger partial charge is 0.491 e. The number of carbonyl (C=O) groups is 2. The Morgan fingerprint density at radius 2 is 1.89 bits per heavy atom. The van der Waals surface area contributed by atoms with E-state index in [9.17, 15) is 33.1 Å². The number of hydrogen-bond acceptors (Lipinski definition) is 19. The first-order valence-corrected chi connectivity index (χ1v) is 22.3. The lowest BCUT2D eigenvalue weighted by Crippen LogP contribution is -2.29. The van der Waals surface area contributed by atoms with E-state index in [-0.39, 0.29) is 74.3 Å². The standard InChI is InChI=1S/C30H40N13O17P3/c31-6-8-36-30(45)19-3-1-5-21(11-19)55-16-25(40-42-34)54-10-9-53-15-24(44)35-7-2-4-20-13-43(29-27(20)28(32)37-17-38-29)26-12-22(56-18-39-41-33)23(58-26)14-57-62(49,50)60-63(51,52)59-61(46,47)48/h1,3,5,11,13,17,22-23,25-26H,6-10,12,14-16,18,31H2,(H,35,44)(H,36,45)(H,49,50)(H,51,52)(H2,32,37,38)(H2,46,47,48)/t22-,23-,25?,26-/m1/s1. The van der Waals surface area contributed by atoms with Crippen molar-refractivity contribution >= 4 is 52.1 Å². The van der Waals surface area contributed by atoms with E-state index in [4.69, 9.17) is 60.5 Å². The fourth-order valence-electron chi connectivity index (χ4n) is 5.34. The summed E-state index contributed by atoms with van der Waals surface area (Å²) in [4.78, 5) is 75.1. The molecule has 3 aromatic rings. The van der Waals surface area contributed by atoms with Gasteiger partial charge in [-0.2, -0.15) is 8.62 Å². The molecule has 1 aromatic carbocycles. The van der Waals surface area contributed by atoms with Crippen LogP contribution in [0.1, 0.15) is 28.6 Å². The summed E-state index contributed by atoms with van der Waals surface area (Å²) in [5, 5.41) is 12.3. The van der Waals surface area contributed by atoms with Crippen LogP contribution >= 0.6 is 23.5 Å². The number of azide groups is 2. The second kappa shape index (κ2) is 24.0. The molecule has 6 atom stereocenters. The third kappa shape index (κ3) is 16.8. The number of ether oxygens (including phenoxy) is 5. The van der Waals surface area contributed by atoms with Crippen LogP contribution in [0.25, 0.3) is 31.9 Å². The van der Waals surface area contributed by atoms with E-state index >= 15 is 0 Å². The minimum Gasteiger partial charge on any atom is -0.491 e. The molecule has 1 fully saturated rings. The lowest BCUT2D eigenvalue weighted by atomic mass is 10.2. The number of nitrogens with two attached hydrogens (primary N) is 2. The second-order valence-corrected chi connectivity index (χ2v) is 16.7. The fourth-order valence-corrected chi connectivity index (χ4v) is 8.37. The molecule has 33 heteroatoms. The lowest BCUT2D eigenvalue weighted by Gasteiger charge is -2.21. The molecular formula is C30H40N13O17P3. The van der Waals surface area contributed by atoms with E-state index in [0.717, 1.165) is 6.33 Å². The highest BCUT2D eigenvalue weighted by atomic mass is 31.3. The highest BCUT2D eigenvalue weighted by molar-refractivity contribution is 7.66. The van der Waals surface area contributed by atoms with Crippen LogP contribution in [0.2, 0.25) is 0 Å². The van der Waals surface area contributed by atoms with Crippen molar-refractivity contribution in [2.24, 2.45) is 16.0 Å². The molecule has 63 heavy (non-hydrogen) atoms. The van der Waals surface area contributed by atoms with Crippen molar-refractivity contribution in [3.05, 3.63) is 68.8 Å². The van der Waals surface area contributed by atoms with Crippen LogP contribution < -0.4 is 26.8 Å².